The largest absolute Gasteiger partial charge is 0.343 e. The number of carbonyl (C=O) groups is 1. The van der Waals surface area contributed by atoms with Crippen molar-refractivity contribution >= 4 is 22.6 Å². The lowest BCUT2D eigenvalue weighted by atomic mass is 10.1. The standard InChI is InChI=1S/C15H17FN4OS/c1-11-17-15(22-18-11)20-8-6-19(7-9-20)14(21)10-12-4-2-3-5-13(12)16/h2-5H,6-10H2,1H3. The van der Waals surface area contributed by atoms with Gasteiger partial charge in [0.25, 0.3) is 0 Å². The molecule has 0 saturated carbocycles. The second-order valence-electron chi connectivity index (χ2n) is 5.26. The molecule has 1 aromatic carbocycles. The summed E-state index contributed by atoms with van der Waals surface area (Å²) in [5.41, 5.74) is 0.453. The summed E-state index contributed by atoms with van der Waals surface area (Å²) in [6.07, 6.45) is 0.116. The Morgan fingerprint density at radius 1 is 1.27 bits per heavy atom. The fourth-order valence-corrected chi connectivity index (χ4v) is 3.20. The first kappa shape index (κ1) is 14.9. The summed E-state index contributed by atoms with van der Waals surface area (Å²) in [6, 6.07) is 6.43. The van der Waals surface area contributed by atoms with Crippen molar-refractivity contribution in [3.63, 3.8) is 0 Å². The van der Waals surface area contributed by atoms with Gasteiger partial charge in [0.1, 0.15) is 11.6 Å². The van der Waals surface area contributed by atoms with Crippen LogP contribution >= 0.6 is 11.5 Å². The molecule has 1 aliphatic rings. The molecule has 1 aliphatic heterocycles. The molecular weight excluding hydrogens is 303 g/mol. The third-order valence-electron chi connectivity index (χ3n) is 3.72. The Labute approximate surface area is 132 Å². The number of carbonyl (C=O) groups excluding carboxylic acids is 1. The minimum absolute atomic E-state index is 0.0294. The highest BCUT2D eigenvalue weighted by Crippen LogP contribution is 2.19. The average Bonchev–Trinajstić information content (AvgIpc) is 2.96. The van der Waals surface area contributed by atoms with Crippen molar-refractivity contribution in [1.82, 2.24) is 14.3 Å². The third kappa shape index (κ3) is 3.24. The Balaban J connectivity index is 1.57. The molecule has 116 valence electrons. The van der Waals surface area contributed by atoms with Gasteiger partial charge in [-0.2, -0.15) is 4.37 Å². The Kier molecular flexibility index (Phi) is 4.33. The van der Waals surface area contributed by atoms with Crippen LogP contribution in [-0.2, 0) is 11.2 Å². The quantitative estimate of drug-likeness (QED) is 0.866. The van der Waals surface area contributed by atoms with Gasteiger partial charge in [-0.15, -0.1) is 0 Å². The third-order valence-corrected chi connectivity index (χ3v) is 4.59. The molecule has 1 aromatic heterocycles. The molecule has 0 atom stereocenters. The van der Waals surface area contributed by atoms with Gasteiger partial charge in [0.05, 0.1) is 6.42 Å². The van der Waals surface area contributed by atoms with Crippen LogP contribution in [-0.4, -0.2) is 46.3 Å². The Morgan fingerprint density at radius 2 is 2.00 bits per heavy atom. The summed E-state index contributed by atoms with van der Waals surface area (Å²) < 4.78 is 17.8. The van der Waals surface area contributed by atoms with E-state index in [1.807, 2.05) is 6.92 Å². The van der Waals surface area contributed by atoms with Crippen LogP contribution in [0.4, 0.5) is 9.52 Å². The van der Waals surface area contributed by atoms with Crippen LogP contribution in [0.2, 0.25) is 0 Å². The van der Waals surface area contributed by atoms with Crippen LogP contribution < -0.4 is 4.90 Å². The van der Waals surface area contributed by atoms with Crippen molar-refractivity contribution in [2.75, 3.05) is 31.1 Å². The molecule has 0 N–H and O–H groups in total. The van der Waals surface area contributed by atoms with E-state index < -0.39 is 0 Å². The van der Waals surface area contributed by atoms with Gasteiger partial charge < -0.3 is 9.80 Å². The van der Waals surface area contributed by atoms with E-state index in [0.29, 0.717) is 18.7 Å². The van der Waals surface area contributed by atoms with Gasteiger partial charge in [0, 0.05) is 37.7 Å². The maximum Gasteiger partial charge on any atom is 0.227 e. The summed E-state index contributed by atoms with van der Waals surface area (Å²) in [5.74, 6) is 0.426. The van der Waals surface area contributed by atoms with Crippen molar-refractivity contribution < 1.29 is 9.18 Å². The highest BCUT2D eigenvalue weighted by molar-refractivity contribution is 7.09. The molecule has 0 spiro atoms. The van der Waals surface area contributed by atoms with Crippen LogP contribution in [0.5, 0.6) is 0 Å². The van der Waals surface area contributed by atoms with Gasteiger partial charge in [-0.05, 0) is 18.6 Å². The van der Waals surface area contributed by atoms with Crippen molar-refractivity contribution in [3.05, 3.63) is 41.5 Å². The SMILES string of the molecule is Cc1nsc(N2CCN(C(=O)Cc3ccccc3F)CC2)n1. The van der Waals surface area contributed by atoms with E-state index in [1.165, 1.54) is 17.6 Å². The number of halogens is 1. The van der Waals surface area contributed by atoms with E-state index in [-0.39, 0.29) is 18.1 Å². The summed E-state index contributed by atoms with van der Waals surface area (Å²) >= 11 is 1.38. The highest BCUT2D eigenvalue weighted by atomic mass is 32.1. The van der Waals surface area contributed by atoms with Crippen molar-refractivity contribution in [1.29, 1.82) is 0 Å². The average molecular weight is 320 g/mol. The normalized spacial score (nSPS) is 15.2. The van der Waals surface area contributed by atoms with Crippen LogP contribution in [0.1, 0.15) is 11.4 Å². The number of anilines is 1. The zero-order valence-electron chi connectivity index (χ0n) is 12.3. The number of hydrogen-bond donors (Lipinski definition) is 0. The van der Waals surface area contributed by atoms with Gasteiger partial charge in [-0.25, -0.2) is 9.37 Å². The first-order valence-corrected chi connectivity index (χ1v) is 7.97. The molecule has 0 unspecified atom stereocenters. The molecule has 5 nitrogen and oxygen atoms in total. The second-order valence-corrected chi connectivity index (χ2v) is 5.99. The number of amides is 1. The predicted octanol–water partition coefficient (Wildman–Crippen LogP) is 1.88. The fraction of sp³-hybridized carbons (Fsp3) is 0.400. The second kappa shape index (κ2) is 6.39. The molecule has 0 radical (unpaired) electrons. The molecule has 3 rings (SSSR count). The van der Waals surface area contributed by atoms with E-state index in [4.69, 9.17) is 0 Å². The Morgan fingerprint density at radius 3 is 2.64 bits per heavy atom. The minimum Gasteiger partial charge on any atom is -0.343 e. The van der Waals surface area contributed by atoms with Crippen molar-refractivity contribution in [2.45, 2.75) is 13.3 Å². The number of aromatic nitrogens is 2. The smallest absolute Gasteiger partial charge is 0.227 e. The van der Waals surface area contributed by atoms with Gasteiger partial charge in [0.15, 0.2) is 0 Å². The van der Waals surface area contributed by atoms with Gasteiger partial charge >= 0.3 is 0 Å². The van der Waals surface area contributed by atoms with E-state index in [9.17, 15) is 9.18 Å². The summed E-state index contributed by atoms with van der Waals surface area (Å²) in [4.78, 5) is 20.6. The van der Waals surface area contributed by atoms with Crippen LogP contribution in [0, 0.1) is 12.7 Å². The maximum atomic E-state index is 13.6. The van der Waals surface area contributed by atoms with Gasteiger partial charge in [0.2, 0.25) is 11.0 Å². The number of hydrogen-bond acceptors (Lipinski definition) is 5. The van der Waals surface area contributed by atoms with E-state index in [1.54, 1.807) is 23.1 Å². The topological polar surface area (TPSA) is 49.3 Å². The zero-order chi connectivity index (χ0) is 15.5. The number of piperazine rings is 1. The molecule has 7 heteroatoms. The lowest BCUT2D eigenvalue weighted by Crippen LogP contribution is -2.49. The van der Waals surface area contributed by atoms with Crippen molar-refractivity contribution in [2.24, 2.45) is 0 Å². The molecule has 22 heavy (non-hydrogen) atoms. The predicted molar refractivity (Wildman–Crippen MR) is 83.5 cm³/mol. The number of benzene rings is 1. The van der Waals surface area contributed by atoms with Gasteiger partial charge in [-0.1, -0.05) is 18.2 Å². The molecule has 2 heterocycles. The highest BCUT2D eigenvalue weighted by Gasteiger charge is 2.23. The van der Waals surface area contributed by atoms with E-state index in [0.717, 1.165) is 24.0 Å². The van der Waals surface area contributed by atoms with Crippen LogP contribution in [0.15, 0.2) is 24.3 Å². The zero-order valence-corrected chi connectivity index (χ0v) is 13.1. The summed E-state index contributed by atoms with van der Waals surface area (Å²) in [5, 5.41) is 0.902. The number of aryl methyl sites for hydroxylation is 1. The van der Waals surface area contributed by atoms with Crippen molar-refractivity contribution in [3.8, 4) is 0 Å². The Hall–Kier alpha value is -2.02. The molecule has 0 bridgehead atoms. The fourth-order valence-electron chi connectivity index (χ4n) is 2.48. The lowest BCUT2D eigenvalue weighted by molar-refractivity contribution is -0.130. The Bertz CT molecular complexity index is 667. The molecule has 1 fully saturated rings. The van der Waals surface area contributed by atoms with Gasteiger partial charge in [-0.3, -0.25) is 4.79 Å². The number of rotatable bonds is 3. The molecule has 0 aliphatic carbocycles. The molecule has 1 saturated heterocycles. The molecular formula is C15H17FN4OS. The maximum absolute atomic E-state index is 13.6. The van der Waals surface area contributed by atoms with Crippen LogP contribution in [0.3, 0.4) is 0 Å². The van der Waals surface area contributed by atoms with Crippen LogP contribution in [0.25, 0.3) is 0 Å². The van der Waals surface area contributed by atoms with E-state index >= 15 is 0 Å². The first-order chi connectivity index (χ1) is 10.6. The number of nitrogens with zero attached hydrogens (tertiary/aromatic N) is 4. The summed E-state index contributed by atoms with van der Waals surface area (Å²) in [7, 11) is 0. The first-order valence-electron chi connectivity index (χ1n) is 7.20. The monoisotopic (exact) mass is 320 g/mol. The summed E-state index contributed by atoms with van der Waals surface area (Å²) in [6.45, 7) is 4.60. The lowest BCUT2D eigenvalue weighted by Gasteiger charge is -2.34. The van der Waals surface area contributed by atoms with E-state index in [2.05, 4.69) is 14.3 Å². The molecule has 2 aromatic rings. The molecule has 1 amide bonds. The minimum atomic E-state index is -0.321.